The second kappa shape index (κ2) is 5.45. The Morgan fingerprint density at radius 1 is 1.33 bits per heavy atom. The van der Waals surface area contributed by atoms with E-state index in [-0.39, 0.29) is 17.7 Å². The lowest BCUT2D eigenvalue weighted by atomic mass is 10.2. The van der Waals surface area contributed by atoms with E-state index in [2.05, 4.69) is 20.3 Å². The summed E-state index contributed by atoms with van der Waals surface area (Å²) in [5.74, 6) is -0.769. The summed E-state index contributed by atoms with van der Waals surface area (Å²) in [5, 5.41) is 14.1. The maximum Gasteiger partial charge on any atom is 0.356 e. The van der Waals surface area contributed by atoms with E-state index in [1.165, 1.54) is 11.3 Å². The number of pyridine rings is 1. The smallest absolute Gasteiger partial charge is 0.356 e. The molecule has 0 spiro atoms. The zero-order valence-corrected chi connectivity index (χ0v) is 12.0. The molecule has 7 heteroatoms. The van der Waals surface area contributed by atoms with Gasteiger partial charge in [-0.3, -0.25) is 4.98 Å². The van der Waals surface area contributed by atoms with Gasteiger partial charge in [-0.05, 0) is 30.5 Å². The van der Waals surface area contributed by atoms with Crippen LogP contribution in [0.3, 0.4) is 0 Å². The molecule has 0 fully saturated rings. The van der Waals surface area contributed by atoms with Gasteiger partial charge in [0.25, 0.3) is 0 Å². The van der Waals surface area contributed by atoms with Gasteiger partial charge in [-0.25, -0.2) is 14.8 Å². The Morgan fingerprint density at radius 3 is 2.90 bits per heavy atom. The average Bonchev–Trinajstić information content (AvgIpc) is 2.95. The van der Waals surface area contributed by atoms with Crippen LogP contribution in [0.15, 0.2) is 35.8 Å². The SMILES string of the molecule is C[C@H](Nc1nc(C(=O)O)c2sccc2n1)c1ccccn1. The van der Waals surface area contributed by atoms with Crippen LogP contribution in [0.2, 0.25) is 0 Å². The number of hydrogen-bond donors (Lipinski definition) is 2. The second-order valence-corrected chi connectivity index (χ2v) is 5.37. The number of rotatable bonds is 4. The van der Waals surface area contributed by atoms with Gasteiger partial charge in [-0.15, -0.1) is 11.3 Å². The van der Waals surface area contributed by atoms with Gasteiger partial charge < -0.3 is 10.4 Å². The molecule has 0 radical (unpaired) electrons. The van der Waals surface area contributed by atoms with E-state index in [0.717, 1.165) is 5.69 Å². The van der Waals surface area contributed by atoms with Gasteiger partial charge in [0.1, 0.15) is 0 Å². The molecule has 0 saturated heterocycles. The lowest BCUT2D eigenvalue weighted by molar-refractivity contribution is 0.0693. The van der Waals surface area contributed by atoms with Crippen molar-refractivity contribution in [2.45, 2.75) is 13.0 Å². The van der Waals surface area contributed by atoms with Crippen LogP contribution in [0.4, 0.5) is 5.95 Å². The molecular weight excluding hydrogens is 288 g/mol. The fraction of sp³-hybridized carbons (Fsp3) is 0.143. The van der Waals surface area contributed by atoms with E-state index >= 15 is 0 Å². The number of thiophene rings is 1. The number of aromatic carboxylic acids is 1. The first-order valence-electron chi connectivity index (χ1n) is 6.31. The molecule has 0 bridgehead atoms. The monoisotopic (exact) mass is 300 g/mol. The fourth-order valence-corrected chi connectivity index (χ4v) is 2.78. The van der Waals surface area contributed by atoms with Gasteiger partial charge >= 0.3 is 5.97 Å². The fourth-order valence-electron chi connectivity index (χ4n) is 1.97. The van der Waals surface area contributed by atoms with Gasteiger partial charge in [-0.2, -0.15) is 0 Å². The van der Waals surface area contributed by atoms with Crippen LogP contribution in [0.25, 0.3) is 10.2 Å². The summed E-state index contributed by atoms with van der Waals surface area (Å²) in [4.78, 5) is 24.0. The number of nitrogens with one attached hydrogen (secondary N) is 1. The molecule has 3 aromatic heterocycles. The van der Waals surface area contributed by atoms with Crippen LogP contribution >= 0.6 is 11.3 Å². The second-order valence-electron chi connectivity index (χ2n) is 4.46. The van der Waals surface area contributed by atoms with Crippen LogP contribution in [0.5, 0.6) is 0 Å². The lowest BCUT2D eigenvalue weighted by Crippen LogP contribution is -2.12. The van der Waals surface area contributed by atoms with Crippen molar-refractivity contribution in [1.29, 1.82) is 0 Å². The van der Waals surface area contributed by atoms with Crippen molar-refractivity contribution in [3.63, 3.8) is 0 Å². The largest absolute Gasteiger partial charge is 0.476 e. The van der Waals surface area contributed by atoms with E-state index in [1.807, 2.05) is 25.1 Å². The van der Waals surface area contributed by atoms with Crippen LogP contribution < -0.4 is 5.32 Å². The molecule has 3 heterocycles. The number of nitrogens with zero attached hydrogens (tertiary/aromatic N) is 3. The summed E-state index contributed by atoms with van der Waals surface area (Å²) in [6, 6.07) is 7.28. The number of carboxylic acid groups (broad SMARTS) is 1. The first-order chi connectivity index (χ1) is 10.1. The number of hydrogen-bond acceptors (Lipinski definition) is 6. The summed E-state index contributed by atoms with van der Waals surface area (Å²) in [5.41, 5.74) is 1.48. The Kier molecular flexibility index (Phi) is 3.49. The van der Waals surface area contributed by atoms with Crippen molar-refractivity contribution in [2.24, 2.45) is 0 Å². The summed E-state index contributed by atoms with van der Waals surface area (Å²) in [6.07, 6.45) is 1.71. The molecule has 3 aromatic rings. The van der Waals surface area contributed by atoms with Crippen LogP contribution in [0.1, 0.15) is 29.1 Å². The molecule has 0 aliphatic rings. The Balaban J connectivity index is 1.95. The molecule has 106 valence electrons. The Hall–Kier alpha value is -2.54. The van der Waals surface area contributed by atoms with E-state index in [9.17, 15) is 9.90 Å². The first kappa shape index (κ1) is 13.4. The Morgan fingerprint density at radius 2 is 2.19 bits per heavy atom. The molecule has 21 heavy (non-hydrogen) atoms. The molecule has 6 nitrogen and oxygen atoms in total. The zero-order chi connectivity index (χ0) is 14.8. The molecule has 2 N–H and O–H groups in total. The molecule has 0 aliphatic carbocycles. The number of carbonyl (C=O) groups is 1. The normalized spacial score (nSPS) is 12.2. The van der Waals surface area contributed by atoms with Crippen molar-refractivity contribution < 1.29 is 9.90 Å². The third kappa shape index (κ3) is 2.68. The first-order valence-corrected chi connectivity index (χ1v) is 7.19. The van der Waals surface area contributed by atoms with Crippen molar-refractivity contribution in [1.82, 2.24) is 15.0 Å². The highest BCUT2D eigenvalue weighted by Crippen LogP contribution is 2.24. The minimum atomic E-state index is -1.06. The number of anilines is 1. The molecule has 0 aliphatic heterocycles. The van der Waals surface area contributed by atoms with Gasteiger partial charge in [0.2, 0.25) is 5.95 Å². The maximum absolute atomic E-state index is 11.3. The highest BCUT2D eigenvalue weighted by molar-refractivity contribution is 7.17. The van der Waals surface area contributed by atoms with Crippen molar-refractivity contribution in [3.05, 3.63) is 47.2 Å². The number of carboxylic acids is 1. The van der Waals surface area contributed by atoms with Crippen LogP contribution in [0, 0.1) is 0 Å². The van der Waals surface area contributed by atoms with E-state index in [1.54, 1.807) is 17.6 Å². The van der Waals surface area contributed by atoms with Crippen LogP contribution in [-0.2, 0) is 0 Å². The van der Waals surface area contributed by atoms with Gasteiger partial charge in [-0.1, -0.05) is 6.07 Å². The van der Waals surface area contributed by atoms with Crippen LogP contribution in [-0.4, -0.2) is 26.0 Å². The van der Waals surface area contributed by atoms with E-state index < -0.39 is 5.97 Å². The summed E-state index contributed by atoms with van der Waals surface area (Å²) in [7, 11) is 0. The van der Waals surface area contributed by atoms with E-state index in [4.69, 9.17) is 0 Å². The molecule has 0 saturated carbocycles. The third-order valence-corrected chi connectivity index (χ3v) is 3.89. The van der Waals surface area contributed by atoms with Gasteiger partial charge in [0.05, 0.1) is 22.0 Å². The highest BCUT2D eigenvalue weighted by atomic mass is 32.1. The molecule has 3 rings (SSSR count). The minimum Gasteiger partial charge on any atom is -0.476 e. The highest BCUT2D eigenvalue weighted by Gasteiger charge is 2.16. The lowest BCUT2D eigenvalue weighted by Gasteiger charge is -2.13. The molecule has 0 unspecified atom stereocenters. The van der Waals surface area contributed by atoms with Crippen molar-refractivity contribution in [3.8, 4) is 0 Å². The number of fused-ring (bicyclic) bond motifs is 1. The van der Waals surface area contributed by atoms with Gasteiger partial charge in [0, 0.05) is 6.20 Å². The number of aromatic nitrogens is 3. The summed E-state index contributed by atoms with van der Waals surface area (Å²) >= 11 is 1.32. The zero-order valence-electron chi connectivity index (χ0n) is 11.1. The third-order valence-electron chi connectivity index (χ3n) is 2.98. The predicted octanol–water partition coefficient (Wildman–Crippen LogP) is 2.96. The average molecular weight is 300 g/mol. The topological polar surface area (TPSA) is 88.0 Å². The molecular formula is C14H12N4O2S. The van der Waals surface area contributed by atoms with Gasteiger partial charge in [0.15, 0.2) is 5.69 Å². The summed E-state index contributed by atoms with van der Waals surface area (Å²) in [6.45, 7) is 1.92. The predicted molar refractivity (Wildman–Crippen MR) is 80.6 cm³/mol. The molecule has 0 aromatic carbocycles. The molecule has 0 amide bonds. The quantitative estimate of drug-likeness (QED) is 0.770. The minimum absolute atomic E-state index is 0.0192. The summed E-state index contributed by atoms with van der Waals surface area (Å²) < 4.78 is 0.582. The van der Waals surface area contributed by atoms with Crippen molar-refractivity contribution in [2.75, 3.05) is 5.32 Å². The Bertz CT molecular complexity index is 788. The standard InChI is InChI=1S/C14H12N4O2S/c1-8(9-4-2-3-6-15-9)16-14-17-10-5-7-21-12(10)11(18-14)13(19)20/h2-8H,1H3,(H,19,20)(H,16,17,18)/t8-/m0/s1. The Labute approximate surface area is 124 Å². The van der Waals surface area contributed by atoms with Crippen molar-refractivity contribution >= 4 is 33.5 Å². The maximum atomic E-state index is 11.3. The molecule has 1 atom stereocenters. The van der Waals surface area contributed by atoms with E-state index in [0.29, 0.717) is 10.2 Å².